The Morgan fingerprint density at radius 2 is 1.94 bits per heavy atom. The van der Waals surface area contributed by atoms with Crippen LogP contribution >= 0.6 is 0 Å². The van der Waals surface area contributed by atoms with E-state index in [2.05, 4.69) is 32.0 Å². The van der Waals surface area contributed by atoms with Crippen LogP contribution in [0.25, 0.3) is 0 Å². The Bertz CT molecular complexity index is 442. The lowest BCUT2D eigenvalue weighted by Crippen LogP contribution is -2.35. The zero-order valence-electron chi connectivity index (χ0n) is 11.3. The van der Waals surface area contributed by atoms with Gasteiger partial charge in [-0.3, -0.25) is 0 Å². The van der Waals surface area contributed by atoms with Crippen molar-refractivity contribution in [1.29, 1.82) is 0 Å². The van der Waals surface area contributed by atoms with Crippen LogP contribution in [0.4, 0.5) is 0 Å². The monoisotopic (exact) mass is 246 g/mol. The molecule has 2 heteroatoms. The highest BCUT2D eigenvalue weighted by Gasteiger charge is 2.40. The summed E-state index contributed by atoms with van der Waals surface area (Å²) in [6.45, 7) is 5.24. The SMILES string of the molecule is CC1CC(C)CC(O)(c2cccc3c2OCC3)C1. The first kappa shape index (κ1) is 12.0. The Morgan fingerprint density at radius 1 is 1.22 bits per heavy atom. The van der Waals surface area contributed by atoms with E-state index in [9.17, 15) is 5.11 Å². The number of fused-ring (bicyclic) bond motifs is 1. The third-order valence-electron chi connectivity index (χ3n) is 4.39. The van der Waals surface area contributed by atoms with Gasteiger partial charge in [-0.25, -0.2) is 0 Å². The molecule has 1 aromatic rings. The summed E-state index contributed by atoms with van der Waals surface area (Å²) in [5.41, 5.74) is 1.59. The molecule has 2 nitrogen and oxygen atoms in total. The standard InChI is InChI=1S/C16H22O2/c1-11-8-12(2)10-16(17,9-11)14-5-3-4-13-6-7-18-15(13)14/h3-5,11-12,17H,6-10H2,1-2H3. The number of ether oxygens (including phenoxy) is 1. The molecule has 0 amide bonds. The summed E-state index contributed by atoms with van der Waals surface area (Å²) in [5.74, 6) is 2.12. The van der Waals surface area contributed by atoms with Gasteiger partial charge >= 0.3 is 0 Å². The van der Waals surface area contributed by atoms with Gasteiger partial charge in [-0.05, 0) is 36.7 Å². The van der Waals surface area contributed by atoms with E-state index in [-0.39, 0.29) is 0 Å². The molecule has 1 saturated carbocycles. The fraction of sp³-hybridized carbons (Fsp3) is 0.625. The summed E-state index contributed by atoms with van der Waals surface area (Å²) in [5, 5.41) is 11.1. The van der Waals surface area contributed by atoms with Crippen molar-refractivity contribution < 1.29 is 9.84 Å². The zero-order chi connectivity index (χ0) is 12.8. The molecule has 0 bridgehead atoms. The highest BCUT2D eigenvalue weighted by Crippen LogP contribution is 2.47. The second kappa shape index (κ2) is 4.27. The molecule has 2 aliphatic rings. The van der Waals surface area contributed by atoms with Crippen LogP contribution < -0.4 is 4.74 Å². The predicted octanol–water partition coefficient (Wildman–Crippen LogP) is 3.27. The van der Waals surface area contributed by atoms with E-state index in [0.29, 0.717) is 11.8 Å². The maximum absolute atomic E-state index is 11.1. The van der Waals surface area contributed by atoms with Gasteiger partial charge < -0.3 is 9.84 Å². The van der Waals surface area contributed by atoms with Crippen LogP contribution in [-0.2, 0) is 12.0 Å². The molecule has 18 heavy (non-hydrogen) atoms. The van der Waals surface area contributed by atoms with Crippen LogP contribution in [0.1, 0.15) is 44.2 Å². The van der Waals surface area contributed by atoms with Gasteiger partial charge in [0.1, 0.15) is 5.75 Å². The quantitative estimate of drug-likeness (QED) is 0.824. The molecule has 2 unspecified atom stereocenters. The number of hydrogen-bond acceptors (Lipinski definition) is 2. The number of hydrogen-bond donors (Lipinski definition) is 1. The van der Waals surface area contributed by atoms with Crippen molar-refractivity contribution in [3.63, 3.8) is 0 Å². The Morgan fingerprint density at radius 3 is 2.67 bits per heavy atom. The largest absolute Gasteiger partial charge is 0.493 e. The normalized spacial score (nSPS) is 35.1. The zero-order valence-corrected chi connectivity index (χ0v) is 11.3. The minimum atomic E-state index is -0.688. The van der Waals surface area contributed by atoms with E-state index in [1.165, 1.54) is 12.0 Å². The summed E-state index contributed by atoms with van der Waals surface area (Å²) in [6, 6.07) is 6.23. The minimum absolute atomic E-state index is 0.580. The molecule has 0 radical (unpaired) electrons. The summed E-state index contributed by atoms with van der Waals surface area (Å²) in [7, 11) is 0. The lowest BCUT2D eigenvalue weighted by atomic mass is 9.70. The maximum Gasteiger partial charge on any atom is 0.128 e. The molecule has 98 valence electrons. The first-order valence-corrected chi connectivity index (χ1v) is 7.06. The maximum atomic E-state index is 11.1. The van der Waals surface area contributed by atoms with E-state index in [1.54, 1.807) is 0 Å². The summed E-state index contributed by atoms with van der Waals surface area (Å²) in [4.78, 5) is 0. The van der Waals surface area contributed by atoms with E-state index in [0.717, 1.165) is 37.2 Å². The van der Waals surface area contributed by atoms with Gasteiger partial charge in [0.15, 0.2) is 0 Å². The van der Waals surface area contributed by atoms with Crippen molar-refractivity contribution in [1.82, 2.24) is 0 Å². The second-order valence-electron chi connectivity index (χ2n) is 6.28. The molecular formula is C16H22O2. The van der Waals surface area contributed by atoms with Gasteiger partial charge in [0, 0.05) is 12.0 Å². The first-order valence-electron chi connectivity index (χ1n) is 7.06. The van der Waals surface area contributed by atoms with E-state index < -0.39 is 5.60 Å². The molecule has 0 saturated heterocycles. The van der Waals surface area contributed by atoms with Crippen LogP contribution in [-0.4, -0.2) is 11.7 Å². The molecule has 1 heterocycles. The highest BCUT2D eigenvalue weighted by molar-refractivity contribution is 5.47. The lowest BCUT2D eigenvalue weighted by molar-refractivity contribution is -0.0378. The smallest absolute Gasteiger partial charge is 0.128 e. The van der Waals surface area contributed by atoms with Crippen LogP contribution in [0.3, 0.4) is 0 Å². The van der Waals surface area contributed by atoms with E-state index in [1.807, 2.05) is 0 Å². The van der Waals surface area contributed by atoms with Crippen molar-refractivity contribution in [2.24, 2.45) is 11.8 Å². The number of benzene rings is 1. The number of rotatable bonds is 1. The molecule has 2 atom stereocenters. The van der Waals surface area contributed by atoms with Crippen molar-refractivity contribution in [2.45, 2.75) is 45.1 Å². The van der Waals surface area contributed by atoms with Crippen LogP contribution in [0, 0.1) is 11.8 Å². The van der Waals surface area contributed by atoms with E-state index in [4.69, 9.17) is 4.74 Å². The Balaban J connectivity index is 2.01. The molecule has 1 aliphatic carbocycles. The third kappa shape index (κ3) is 1.93. The van der Waals surface area contributed by atoms with Crippen molar-refractivity contribution >= 4 is 0 Å². The van der Waals surface area contributed by atoms with Gasteiger partial charge in [0.05, 0.1) is 12.2 Å². The van der Waals surface area contributed by atoms with Gasteiger partial charge in [-0.2, -0.15) is 0 Å². The molecule has 3 rings (SSSR count). The number of aliphatic hydroxyl groups is 1. The first-order chi connectivity index (χ1) is 8.58. The third-order valence-corrected chi connectivity index (χ3v) is 4.39. The molecule has 0 aromatic heterocycles. The fourth-order valence-electron chi connectivity index (χ4n) is 3.89. The Kier molecular flexibility index (Phi) is 2.86. The Labute approximate surface area is 109 Å². The average molecular weight is 246 g/mol. The van der Waals surface area contributed by atoms with Crippen LogP contribution in [0.2, 0.25) is 0 Å². The van der Waals surface area contributed by atoms with Crippen LogP contribution in [0.15, 0.2) is 18.2 Å². The van der Waals surface area contributed by atoms with Gasteiger partial charge in [0.25, 0.3) is 0 Å². The van der Waals surface area contributed by atoms with Crippen molar-refractivity contribution in [3.8, 4) is 5.75 Å². The predicted molar refractivity (Wildman–Crippen MR) is 71.7 cm³/mol. The summed E-state index contributed by atoms with van der Waals surface area (Å²) < 4.78 is 5.76. The van der Waals surface area contributed by atoms with E-state index >= 15 is 0 Å². The van der Waals surface area contributed by atoms with Crippen LogP contribution in [0.5, 0.6) is 5.75 Å². The summed E-state index contributed by atoms with van der Waals surface area (Å²) >= 11 is 0. The average Bonchev–Trinajstić information content (AvgIpc) is 2.74. The van der Waals surface area contributed by atoms with Crippen molar-refractivity contribution in [2.75, 3.05) is 6.61 Å². The molecule has 0 spiro atoms. The molecule has 1 fully saturated rings. The number of para-hydroxylation sites is 1. The molecular weight excluding hydrogens is 224 g/mol. The molecule has 1 N–H and O–H groups in total. The summed E-state index contributed by atoms with van der Waals surface area (Å²) in [6.07, 6.45) is 3.91. The minimum Gasteiger partial charge on any atom is -0.493 e. The van der Waals surface area contributed by atoms with Gasteiger partial charge in [-0.15, -0.1) is 0 Å². The Hall–Kier alpha value is -1.02. The highest BCUT2D eigenvalue weighted by atomic mass is 16.5. The topological polar surface area (TPSA) is 29.5 Å². The molecule has 1 aromatic carbocycles. The van der Waals surface area contributed by atoms with Gasteiger partial charge in [-0.1, -0.05) is 32.0 Å². The van der Waals surface area contributed by atoms with Crippen molar-refractivity contribution in [3.05, 3.63) is 29.3 Å². The second-order valence-corrected chi connectivity index (χ2v) is 6.28. The lowest BCUT2D eigenvalue weighted by Gasteiger charge is -2.39. The fourth-order valence-corrected chi connectivity index (χ4v) is 3.89. The molecule has 1 aliphatic heterocycles. The van der Waals surface area contributed by atoms with Gasteiger partial charge in [0.2, 0.25) is 0 Å².